The Morgan fingerprint density at radius 1 is 1.35 bits per heavy atom. The SMILES string of the molecule is CCC(C)c1ccc(OCCNCC2CCCO2)cc1. The molecule has 1 N–H and O–H groups in total. The van der Waals surface area contributed by atoms with Gasteiger partial charge < -0.3 is 14.8 Å². The Balaban J connectivity index is 1.61. The van der Waals surface area contributed by atoms with Crippen LogP contribution >= 0.6 is 0 Å². The van der Waals surface area contributed by atoms with E-state index in [1.54, 1.807) is 0 Å². The van der Waals surface area contributed by atoms with Crippen LogP contribution in [-0.2, 0) is 4.74 Å². The summed E-state index contributed by atoms with van der Waals surface area (Å²) in [7, 11) is 0. The van der Waals surface area contributed by atoms with Crippen molar-refractivity contribution in [2.45, 2.75) is 45.1 Å². The van der Waals surface area contributed by atoms with E-state index in [2.05, 4.69) is 43.4 Å². The van der Waals surface area contributed by atoms with E-state index < -0.39 is 0 Å². The third-order valence-corrected chi connectivity index (χ3v) is 4.01. The van der Waals surface area contributed by atoms with Crippen molar-refractivity contribution in [3.63, 3.8) is 0 Å². The van der Waals surface area contributed by atoms with Crippen molar-refractivity contribution in [3.05, 3.63) is 29.8 Å². The van der Waals surface area contributed by atoms with Gasteiger partial charge in [-0.1, -0.05) is 26.0 Å². The molecule has 1 aliphatic heterocycles. The molecule has 1 saturated heterocycles. The molecular weight excluding hydrogens is 250 g/mol. The summed E-state index contributed by atoms with van der Waals surface area (Å²) in [6.07, 6.45) is 3.97. The molecule has 1 fully saturated rings. The normalized spacial score (nSPS) is 20.0. The number of nitrogens with one attached hydrogen (secondary N) is 1. The lowest BCUT2D eigenvalue weighted by Crippen LogP contribution is -2.29. The first-order chi connectivity index (χ1) is 9.79. The van der Waals surface area contributed by atoms with E-state index >= 15 is 0 Å². The molecule has 2 rings (SSSR count). The Morgan fingerprint density at radius 3 is 2.80 bits per heavy atom. The van der Waals surface area contributed by atoms with Crippen LogP contribution in [0.2, 0.25) is 0 Å². The van der Waals surface area contributed by atoms with Crippen LogP contribution in [0, 0.1) is 0 Å². The van der Waals surface area contributed by atoms with Crippen LogP contribution in [0.15, 0.2) is 24.3 Å². The zero-order chi connectivity index (χ0) is 14.2. The van der Waals surface area contributed by atoms with Crippen LogP contribution in [0.4, 0.5) is 0 Å². The van der Waals surface area contributed by atoms with Gasteiger partial charge in [-0.2, -0.15) is 0 Å². The van der Waals surface area contributed by atoms with Crippen LogP contribution in [-0.4, -0.2) is 32.4 Å². The molecule has 112 valence electrons. The van der Waals surface area contributed by atoms with E-state index in [1.807, 2.05) is 0 Å². The minimum atomic E-state index is 0.407. The molecule has 0 aromatic heterocycles. The predicted octanol–water partition coefficient (Wildman–Crippen LogP) is 3.35. The molecule has 3 heteroatoms. The maximum absolute atomic E-state index is 5.74. The monoisotopic (exact) mass is 277 g/mol. The van der Waals surface area contributed by atoms with Crippen molar-refractivity contribution in [2.24, 2.45) is 0 Å². The minimum absolute atomic E-state index is 0.407. The Hall–Kier alpha value is -1.06. The number of ether oxygens (including phenoxy) is 2. The Kier molecular flexibility index (Phi) is 6.34. The fraction of sp³-hybridized carbons (Fsp3) is 0.647. The van der Waals surface area contributed by atoms with E-state index in [9.17, 15) is 0 Å². The van der Waals surface area contributed by atoms with Crippen molar-refractivity contribution in [1.29, 1.82) is 0 Å². The van der Waals surface area contributed by atoms with Gasteiger partial charge in [0.15, 0.2) is 0 Å². The number of rotatable bonds is 8. The summed E-state index contributed by atoms with van der Waals surface area (Å²) in [5, 5.41) is 3.39. The average molecular weight is 277 g/mol. The second-order valence-electron chi connectivity index (χ2n) is 5.57. The van der Waals surface area contributed by atoms with Gasteiger partial charge in [0, 0.05) is 19.7 Å². The van der Waals surface area contributed by atoms with Crippen molar-refractivity contribution in [1.82, 2.24) is 5.32 Å². The molecule has 2 atom stereocenters. The van der Waals surface area contributed by atoms with E-state index in [0.29, 0.717) is 18.6 Å². The minimum Gasteiger partial charge on any atom is -0.492 e. The maximum atomic E-state index is 5.74. The third-order valence-electron chi connectivity index (χ3n) is 4.01. The molecule has 3 nitrogen and oxygen atoms in total. The number of benzene rings is 1. The molecule has 1 heterocycles. The first kappa shape index (κ1) is 15.3. The van der Waals surface area contributed by atoms with Crippen molar-refractivity contribution < 1.29 is 9.47 Å². The molecule has 1 aliphatic rings. The molecule has 20 heavy (non-hydrogen) atoms. The van der Waals surface area contributed by atoms with E-state index in [1.165, 1.54) is 24.8 Å². The predicted molar refractivity (Wildman–Crippen MR) is 82.5 cm³/mol. The quantitative estimate of drug-likeness (QED) is 0.739. The van der Waals surface area contributed by atoms with Gasteiger partial charge in [-0.05, 0) is 42.9 Å². The molecule has 2 unspecified atom stereocenters. The molecular formula is C17H27NO2. The van der Waals surface area contributed by atoms with Gasteiger partial charge in [-0.3, -0.25) is 0 Å². The summed E-state index contributed by atoms with van der Waals surface area (Å²) in [5.74, 6) is 1.58. The zero-order valence-electron chi connectivity index (χ0n) is 12.7. The van der Waals surface area contributed by atoms with Crippen LogP contribution in [0.3, 0.4) is 0 Å². The Labute approximate surface area is 122 Å². The topological polar surface area (TPSA) is 30.5 Å². The van der Waals surface area contributed by atoms with Gasteiger partial charge >= 0.3 is 0 Å². The molecule has 0 spiro atoms. The van der Waals surface area contributed by atoms with Gasteiger partial charge in [0.05, 0.1) is 6.10 Å². The van der Waals surface area contributed by atoms with E-state index in [4.69, 9.17) is 9.47 Å². The highest BCUT2D eigenvalue weighted by Crippen LogP contribution is 2.21. The van der Waals surface area contributed by atoms with Crippen molar-refractivity contribution in [2.75, 3.05) is 26.3 Å². The van der Waals surface area contributed by atoms with Gasteiger partial charge in [-0.15, -0.1) is 0 Å². The summed E-state index contributed by atoms with van der Waals surface area (Å²) in [4.78, 5) is 0. The summed E-state index contributed by atoms with van der Waals surface area (Å²) >= 11 is 0. The van der Waals surface area contributed by atoms with Crippen LogP contribution in [0.1, 0.15) is 44.6 Å². The maximum Gasteiger partial charge on any atom is 0.119 e. The molecule has 0 amide bonds. The highest BCUT2D eigenvalue weighted by atomic mass is 16.5. The summed E-state index contributed by atoms with van der Waals surface area (Å²) in [5.41, 5.74) is 1.39. The Morgan fingerprint density at radius 2 is 2.15 bits per heavy atom. The van der Waals surface area contributed by atoms with Crippen LogP contribution in [0.5, 0.6) is 5.75 Å². The van der Waals surface area contributed by atoms with Crippen LogP contribution in [0.25, 0.3) is 0 Å². The molecule has 0 saturated carbocycles. The molecule has 0 radical (unpaired) electrons. The van der Waals surface area contributed by atoms with Gasteiger partial charge in [-0.25, -0.2) is 0 Å². The first-order valence-electron chi connectivity index (χ1n) is 7.84. The fourth-order valence-electron chi connectivity index (χ4n) is 2.44. The van der Waals surface area contributed by atoms with Crippen molar-refractivity contribution in [3.8, 4) is 5.75 Å². The van der Waals surface area contributed by atoms with E-state index in [0.717, 1.165) is 25.4 Å². The summed E-state index contributed by atoms with van der Waals surface area (Å²) < 4.78 is 11.3. The van der Waals surface area contributed by atoms with Gasteiger partial charge in [0.25, 0.3) is 0 Å². The summed E-state index contributed by atoms with van der Waals surface area (Å²) in [6, 6.07) is 8.48. The van der Waals surface area contributed by atoms with Gasteiger partial charge in [0.2, 0.25) is 0 Å². The number of hydrogen-bond acceptors (Lipinski definition) is 3. The highest BCUT2D eigenvalue weighted by Gasteiger charge is 2.14. The summed E-state index contributed by atoms with van der Waals surface area (Å²) in [6.45, 7) is 7.91. The fourth-order valence-corrected chi connectivity index (χ4v) is 2.44. The lowest BCUT2D eigenvalue weighted by molar-refractivity contribution is 0.109. The molecule has 0 aliphatic carbocycles. The first-order valence-corrected chi connectivity index (χ1v) is 7.84. The average Bonchev–Trinajstić information content (AvgIpc) is 3.00. The van der Waals surface area contributed by atoms with Crippen LogP contribution < -0.4 is 10.1 Å². The number of hydrogen-bond donors (Lipinski definition) is 1. The second-order valence-corrected chi connectivity index (χ2v) is 5.57. The van der Waals surface area contributed by atoms with Gasteiger partial charge in [0.1, 0.15) is 12.4 Å². The second kappa shape index (κ2) is 8.28. The van der Waals surface area contributed by atoms with Crippen molar-refractivity contribution >= 4 is 0 Å². The smallest absolute Gasteiger partial charge is 0.119 e. The lowest BCUT2D eigenvalue weighted by Gasteiger charge is -2.12. The Bertz CT molecular complexity index is 371. The zero-order valence-corrected chi connectivity index (χ0v) is 12.7. The highest BCUT2D eigenvalue weighted by molar-refractivity contribution is 5.29. The largest absolute Gasteiger partial charge is 0.492 e. The molecule has 0 bridgehead atoms. The van der Waals surface area contributed by atoms with E-state index in [-0.39, 0.29) is 0 Å². The lowest BCUT2D eigenvalue weighted by atomic mass is 9.99. The third kappa shape index (κ3) is 4.80. The molecule has 1 aromatic carbocycles. The molecule has 1 aromatic rings. The standard InChI is InChI=1S/C17H27NO2/c1-3-14(2)15-6-8-16(9-7-15)20-12-10-18-13-17-5-4-11-19-17/h6-9,14,17-18H,3-5,10-13H2,1-2H3.